The molecule has 128 valence electrons. The third kappa shape index (κ3) is 2.62. The lowest BCUT2D eigenvalue weighted by Crippen LogP contribution is -2.30. The van der Waals surface area contributed by atoms with E-state index in [0.29, 0.717) is 17.0 Å². The molecule has 10 heteroatoms. The van der Waals surface area contributed by atoms with E-state index in [1.165, 1.54) is 24.3 Å². The molecule has 2 aromatic rings. The van der Waals surface area contributed by atoms with E-state index in [1.54, 1.807) is 0 Å². The lowest BCUT2D eigenvalue weighted by Gasteiger charge is -2.17. The highest BCUT2D eigenvalue weighted by Crippen LogP contribution is 2.43. The number of alkyl halides is 3. The predicted molar refractivity (Wildman–Crippen MR) is 80.7 cm³/mol. The average molecular weight is 371 g/mol. The maximum Gasteiger partial charge on any atom is 0.417 e. The van der Waals surface area contributed by atoms with E-state index in [9.17, 15) is 32.9 Å². The van der Waals surface area contributed by atoms with Crippen LogP contribution in [0.1, 0.15) is 26.3 Å². The first-order valence-electron chi connectivity index (χ1n) is 6.66. The molecule has 1 aliphatic rings. The molecule has 0 aromatic heterocycles. The van der Waals surface area contributed by atoms with Gasteiger partial charge < -0.3 is 0 Å². The van der Waals surface area contributed by atoms with Crippen molar-refractivity contribution in [1.29, 1.82) is 0 Å². The summed E-state index contributed by atoms with van der Waals surface area (Å²) in [6.45, 7) is 0. The molecule has 0 radical (unpaired) electrons. The summed E-state index contributed by atoms with van der Waals surface area (Å²) < 4.78 is 39.2. The number of hydrogen-bond acceptors (Lipinski definition) is 4. The van der Waals surface area contributed by atoms with E-state index in [-0.39, 0.29) is 11.1 Å². The molecule has 3 rings (SSSR count). The molecule has 0 aliphatic carbocycles. The fourth-order valence-electron chi connectivity index (χ4n) is 2.50. The van der Waals surface area contributed by atoms with Crippen LogP contribution in [-0.4, -0.2) is 16.7 Å². The van der Waals surface area contributed by atoms with Crippen LogP contribution in [0, 0.1) is 10.1 Å². The van der Waals surface area contributed by atoms with Gasteiger partial charge in [0.1, 0.15) is 5.69 Å². The third-order valence-electron chi connectivity index (χ3n) is 3.60. The second kappa shape index (κ2) is 5.55. The number of anilines is 1. The summed E-state index contributed by atoms with van der Waals surface area (Å²) in [6, 6.07) is 6.35. The Balaban J connectivity index is 2.25. The van der Waals surface area contributed by atoms with Crippen LogP contribution in [0.25, 0.3) is 0 Å². The van der Waals surface area contributed by atoms with Crippen molar-refractivity contribution in [3.8, 4) is 0 Å². The van der Waals surface area contributed by atoms with E-state index in [4.69, 9.17) is 11.6 Å². The van der Waals surface area contributed by atoms with Gasteiger partial charge in [-0.15, -0.1) is 0 Å². The van der Waals surface area contributed by atoms with Gasteiger partial charge in [-0.3, -0.25) is 19.7 Å². The van der Waals surface area contributed by atoms with Crippen LogP contribution in [0.5, 0.6) is 0 Å². The first kappa shape index (κ1) is 16.9. The minimum atomic E-state index is -4.92. The minimum absolute atomic E-state index is 0.0506. The largest absolute Gasteiger partial charge is 0.417 e. The molecule has 0 atom stereocenters. The highest BCUT2D eigenvalue weighted by molar-refractivity contribution is 6.36. The second-order valence-electron chi connectivity index (χ2n) is 5.07. The van der Waals surface area contributed by atoms with Gasteiger partial charge in [-0.1, -0.05) is 23.7 Å². The predicted octanol–water partition coefficient (Wildman–Crippen LogP) is 4.07. The zero-order valence-electron chi connectivity index (χ0n) is 12.0. The van der Waals surface area contributed by atoms with Crippen LogP contribution in [0.15, 0.2) is 36.4 Å². The number of carbonyl (C=O) groups excluding carboxylic acids is 2. The normalized spacial score (nSPS) is 14.0. The Morgan fingerprint density at radius 2 is 1.56 bits per heavy atom. The number of benzene rings is 2. The molecule has 25 heavy (non-hydrogen) atoms. The molecule has 6 nitrogen and oxygen atoms in total. The Bertz CT molecular complexity index is 908. The van der Waals surface area contributed by atoms with E-state index >= 15 is 0 Å². The van der Waals surface area contributed by atoms with Crippen molar-refractivity contribution in [3.63, 3.8) is 0 Å². The Hall–Kier alpha value is -2.94. The fraction of sp³-hybridized carbons (Fsp3) is 0.0667. The monoisotopic (exact) mass is 370 g/mol. The molecule has 1 heterocycles. The number of nitrogens with zero attached hydrogens (tertiary/aromatic N) is 2. The zero-order valence-corrected chi connectivity index (χ0v) is 12.8. The highest BCUT2D eigenvalue weighted by atomic mass is 35.5. The first-order valence-corrected chi connectivity index (χ1v) is 7.03. The van der Waals surface area contributed by atoms with Crippen molar-refractivity contribution in [2.75, 3.05) is 4.90 Å². The summed E-state index contributed by atoms with van der Waals surface area (Å²) in [5.41, 5.74) is -3.15. The van der Waals surface area contributed by atoms with E-state index in [0.717, 1.165) is 0 Å². The Kier molecular flexibility index (Phi) is 3.76. The van der Waals surface area contributed by atoms with Crippen molar-refractivity contribution in [1.82, 2.24) is 0 Å². The number of nitro groups is 1. The number of rotatable bonds is 2. The van der Waals surface area contributed by atoms with Crippen LogP contribution in [0.3, 0.4) is 0 Å². The topological polar surface area (TPSA) is 80.5 Å². The number of imide groups is 1. The van der Waals surface area contributed by atoms with Gasteiger partial charge in [-0.05, 0) is 18.2 Å². The van der Waals surface area contributed by atoms with E-state index in [1.807, 2.05) is 0 Å². The lowest BCUT2D eigenvalue weighted by atomic mass is 10.1. The quantitative estimate of drug-likeness (QED) is 0.453. The minimum Gasteiger partial charge on any atom is -0.268 e. The van der Waals surface area contributed by atoms with Crippen molar-refractivity contribution in [3.05, 3.63) is 68.2 Å². The molecular weight excluding hydrogens is 365 g/mol. The number of amides is 2. The van der Waals surface area contributed by atoms with Crippen molar-refractivity contribution >= 4 is 34.8 Å². The fourth-order valence-corrected chi connectivity index (χ4v) is 2.77. The van der Waals surface area contributed by atoms with Gasteiger partial charge in [0.25, 0.3) is 17.5 Å². The molecular formula is C15H6ClF3N2O4. The molecule has 0 fully saturated rings. The van der Waals surface area contributed by atoms with Gasteiger partial charge in [0.05, 0.1) is 26.6 Å². The van der Waals surface area contributed by atoms with Gasteiger partial charge in [0.2, 0.25) is 0 Å². The number of nitro benzene ring substituents is 1. The van der Waals surface area contributed by atoms with Crippen LogP contribution < -0.4 is 4.90 Å². The highest BCUT2D eigenvalue weighted by Gasteiger charge is 2.42. The Labute approximate surface area is 142 Å². The van der Waals surface area contributed by atoms with Gasteiger partial charge in [-0.25, -0.2) is 4.90 Å². The number of halogens is 4. The van der Waals surface area contributed by atoms with Crippen molar-refractivity contribution in [2.24, 2.45) is 0 Å². The maximum atomic E-state index is 13.1. The average Bonchev–Trinajstić information content (AvgIpc) is 2.78. The lowest BCUT2D eigenvalue weighted by molar-refractivity contribution is -0.384. The standard InChI is InChI=1S/C15H6ClF3N2O4/c16-10-6-12(21(24)25)11(5-9(10)15(17,18)19)20-13(22)7-3-1-2-4-8(7)14(20)23/h1-6H. The third-order valence-corrected chi connectivity index (χ3v) is 3.91. The number of hydrogen-bond donors (Lipinski definition) is 0. The van der Waals surface area contributed by atoms with Crippen molar-refractivity contribution < 1.29 is 27.7 Å². The molecule has 0 bridgehead atoms. The molecule has 0 N–H and O–H groups in total. The molecule has 0 saturated heterocycles. The smallest absolute Gasteiger partial charge is 0.268 e. The van der Waals surface area contributed by atoms with Gasteiger partial charge in [0.15, 0.2) is 0 Å². The molecule has 1 aliphatic heterocycles. The Morgan fingerprint density at radius 1 is 1.04 bits per heavy atom. The van der Waals surface area contributed by atoms with Gasteiger partial charge in [0, 0.05) is 6.07 Å². The zero-order chi connectivity index (χ0) is 18.5. The maximum absolute atomic E-state index is 13.1. The first-order chi connectivity index (χ1) is 11.6. The SMILES string of the molecule is O=C1c2ccccc2C(=O)N1c1cc(C(F)(F)F)c(Cl)cc1[N+](=O)[O-]. The van der Waals surface area contributed by atoms with E-state index < -0.39 is 44.9 Å². The molecule has 2 amide bonds. The van der Waals surface area contributed by atoms with Crippen LogP contribution in [0.4, 0.5) is 24.5 Å². The molecule has 0 saturated carbocycles. The van der Waals surface area contributed by atoms with Gasteiger partial charge in [-0.2, -0.15) is 13.2 Å². The van der Waals surface area contributed by atoms with Crippen LogP contribution in [-0.2, 0) is 6.18 Å². The summed E-state index contributed by atoms with van der Waals surface area (Å²) in [5.74, 6) is -1.89. The van der Waals surface area contributed by atoms with Crippen LogP contribution >= 0.6 is 11.6 Å². The second-order valence-corrected chi connectivity index (χ2v) is 5.47. The Morgan fingerprint density at radius 3 is 2.00 bits per heavy atom. The van der Waals surface area contributed by atoms with Crippen molar-refractivity contribution in [2.45, 2.75) is 6.18 Å². The summed E-state index contributed by atoms with van der Waals surface area (Å²) in [7, 11) is 0. The van der Waals surface area contributed by atoms with E-state index in [2.05, 4.69) is 0 Å². The van der Waals surface area contributed by atoms with Crippen LogP contribution in [0.2, 0.25) is 5.02 Å². The molecule has 0 unspecified atom stereocenters. The summed E-state index contributed by atoms with van der Waals surface area (Å²) >= 11 is 5.49. The number of carbonyl (C=O) groups is 2. The molecule has 0 spiro atoms. The molecule has 2 aromatic carbocycles. The number of fused-ring (bicyclic) bond motifs is 1. The summed E-state index contributed by atoms with van der Waals surface area (Å²) in [6.07, 6.45) is -4.92. The van der Waals surface area contributed by atoms with Gasteiger partial charge >= 0.3 is 6.18 Å². The summed E-state index contributed by atoms with van der Waals surface area (Å²) in [4.78, 5) is 35.3. The summed E-state index contributed by atoms with van der Waals surface area (Å²) in [5, 5.41) is 10.3.